The first-order valence-corrected chi connectivity index (χ1v) is 7.20. The van der Waals surface area contributed by atoms with Gasteiger partial charge < -0.3 is 10.3 Å². The van der Waals surface area contributed by atoms with Crippen molar-refractivity contribution in [3.8, 4) is 0 Å². The molecule has 0 aliphatic carbocycles. The fraction of sp³-hybridized carbons (Fsp3) is 0.786. The Bertz CT molecular complexity index is 352. The van der Waals surface area contributed by atoms with Crippen molar-refractivity contribution < 1.29 is 0 Å². The highest BCUT2D eigenvalue weighted by Gasteiger charge is 2.25. The molecule has 0 aromatic carbocycles. The largest absolute Gasteiger partial charge is 0.333 e. The van der Waals surface area contributed by atoms with Crippen LogP contribution >= 0.6 is 0 Å². The summed E-state index contributed by atoms with van der Waals surface area (Å²) in [4.78, 5) is 6.83. The van der Waals surface area contributed by atoms with Crippen LogP contribution in [0.15, 0.2) is 12.5 Å². The summed E-state index contributed by atoms with van der Waals surface area (Å²) >= 11 is 0. The number of likely N-dealkylation sites (tertiary alicyclic amines) is 1. The first-order chi connectivity index (χ1) is 8.76. The Morgan fingerprint density at radius 2 is 2.17 bits per heavy atom. The van der Waals surface area contributed by atoms with Gasteiger partial charge in [-0.25, -0.2) is 4.98 Å². The van der Waals surface area contributed by atoms with Crippen molar-refractivity contribution in [2.24, 2.45) is 11.7 Å². The molecule has 1 fully saturated rings. The van der Waals surface area contributed by atoms with Crippen LogP contribution < -0.4 is 5.73 Å². The predicted octanol–water partition coefficient (Wildman–Crippen LogP) is 2.02. The van der Waals surface area contributed by atoms with Crippen LogP contribution in [0.1, 0.15) is 44.8 Å². The highest BCUT2D eigenvalue weighted by atomic mass is 15.2. The molecule has 0 bridgehead atoms. The monoisotopic (exact) mass is 250 g/mol. The van der Waals surface area contributed by atoms with Crippen molar-refractivity contribution in [2.45, 2.75) is 45.7 Å². The third-order valence-corrected chi connectivity index (χ3v) is 4.03. The maximum atomic E-state index is 6.01. The van der Waals surface area contributed by atoms with Gasteiger partial charge in [-0.3, -0.25) is 4.90 Å². The van der Waals surface area contributed by atoms with E-state index in [1.54, 1.807) is 0 Å². The van der Waals surface area contributed by atoms with E-state index in [1.165, 1.54) is 31.6 Å². The van der Waals surface area contributed by atoms with Crippen LogP contribution in [0.2, 0.25) is 0 Å². The van der Waals surface area contributed by atoms with E-state index in [2.05, 4.69) is 28.3 Å². The Hall–Kier alpha value is -0.870. The summed E-state index contributed by atoms with van der Waals surface area (Å²) in [6.45, 7) is 8.60. The Morgan fingerprint density at radius 3 is 2.78 bits per heavy atom. The van der Waals surface area contributed by atoms with Crippen molar-refractivity contribution in [2.75, 3.05) is 19.6 Å². The number of rotatable bonds is 5. The lowest BCUT2D eigenvalue weighted by molar-refractivity contribution is 0.136. The molecule has 18 heavy (non-hydrogen) atoms. The van der Waals surface area contributed by atoms with Gasteiger partial charge in [0.1, 0.15) is 0 Å². The molecule has 1 aromatic rings. The number of aryl methyl sites for hydroxylation is 1. The van der Waals surface area contributed by atoms with E-state index in [1.807, 2.05) is 12.5 Å². The van der Waals surface area contributed by atoms with Gasteiger partial charge in [0.15, 0.2) is 0 Å². The molecule has 2 N–H and O–H groups in total. The Balaban J connectivity index is 2.09. The van der Waals surface area contributed by atoms with Crippen LogP contribution in [-0.4, -0.2) is 34.1 Å². The smallest absolute Gasteiger partial charge is 0.0948 e. The van der Waals surface area contributed by atoms with Crippen LogP contribution in [0.25, 0.3) is 0 Å². The van der Waals surface area contributed by atoms with Crippen molar-refractivity contribution in [3.63, 3.8) is 0 Å². The lowest BCUT2D eigenvalue weighted by atomic mass is 9.97. The van der Waals surface area contributed by atoms with Gasteiger partial charge in [-0.05, 0) is 38.3 Å². The predicted molar refractivity (Wildman–Crippen MR) is 74.3 cm³/mol. The van der Waals surface area contributed by atoms with Crippen LogP contribution in [0.5, 0.6) is 0 Å². The SMILES string of the molecule is CCCn1cncc1C(CN)N1CCC(C)CC1. The van der Waals surface area contributed by atoms with Crippen molar-refractivity contribution in [3.05, 3.63) is 18.2 Å². The second kappa shape index (κ2) is 6.34. The normalized spacial score (nSPS) is 20.2. The van der Waals surface area contributed by atoms with Crippen molar-refractivity contribution >= 4 is 0 Å². The number of hydrogen-bond donors (Lipinski definition) is 1. The molecule has 0 amide bonds. The highest BCUT2D eigenvalue weighted by molar-refractivity contribution is 5.07. The van der Waals surface area contributed by atoms with Crippen molar-refractivity contribution in [1.29, 1.82) is 0 Å². The Morgan fingerprint density at radius 1 is 1.44 bits per heavy atom. The molecule has 2 heterocycles. The summed E-state index contributed by atoms with van der Waals surface area (Å²) in [7, 11) is 0. The standard InChI is InChI=1S/C14H26N4/c1-3-6-18-11-16-10-14(18)13(9-15)17-7-4-12(2)5-8-17/h10-13H,3-9,15H2,1-2H3. The van der Waals surface area contributed by atoms with Crippen molar-refractivity contribution in [1.82, 2.24) is 14.5 Å². The van der Waals surface area contributed by atoms with Gasteiger partial charge in [-0.15, -0.1) is 0 Å². The second-order valence-electron chi connectivity index (χ2n) is 5.48. The van der Waals surface area contributed by atoms with E-state index in [0.717, 1.165) is 18.9 Å². The maximum absolute atomic E-state index is 6.01. The number of aromatic nitrogens is 2. The minimum atomic E-state index is 0.339. The Kier molecular flexibility index (Phi) is 4.78. The Labute approximate surface area is 110 Å². The summed E-state index contributed by atoms with van der Waals surface area (Å²) in [5.41, 5.74) is 7.30. The number of nitrogens with zero attached hydrogens (tertiary/aromatic N) is 3. The zero-order valence-corrected chi connectivity index (χ0v) is 11.7. The van der Waals surface area contributed by atoms with E-state index in [4.69, 9.17) is 5.73 Å². The van der Waals surface area contributed by atoms with Gasteiger partial charge in [0.25, 0.3) is 0 Å². The van der Waals surface area contributed by atoms with Gasteiger partial charge in [0.2, 0.25) is 0 Å². The first-order valence-electron chi connectivity index (χ1n) is 7.20. The highest BCUT2D eigenvalue weighted by Crippen LogP contribution is 2.26. The average molecular weight is 250 g/mol. The molecule has 1 unspecified atom stereocenters. The number of nitrogens with two attached hydrogens (primary N) is 1. The summed E-state index contributed by atoms with van der Waals surface area (Å²) in [6, 6.07) is 0.339. The van der Waals surface area contributed by atoms with Crippen LogP contribution in [0.4, 0.5) is 0 Å². The topological polar surface area (TPSA) is 47.1 Å². The maximum Gasteiger partial charge on any atom is 0.0948 e. The first kappa shape index (κ1) is 13.6. The number of piperidine rings is 1. The molecule has 102 valence electrons. The fourth-order valence-electron chi connectivity index (χ4n) is 2.83. The quantitative estimate of drug-likeness (QED) is 0.869. The van der Waals surface area contributed by atoms with Gasteiger partial charge in [0, 0.05) is 19.3 Å². The molecule has 1 aliphatic heterocycles. The zero-order valence-electron chi connectivity index (χ0n) is 11.7. The molecule has 2 rings (SSSR count). The molecule has 0 saturated carbocycles. The van der Waals surface area contributed by atoms with Crippen LogP contribution in [0, 0.1) is 5.92 Å². The average Bonchev–Trinajstić information content (AvgIpc) is 2.82. The minimum absolute atomic E-state index is 0.339. The van der Waals surface area contributed by atoms with E-state index >= 15 is 0 Å². The summed E-state index contributed by atoms with van der Waals surface area (Å²) in [5, 5.41) is 0. The van der Waals surface area contributed by atoms with Crippen LogP contribution in [-0.2, 0) is 6.54 Å². The van der Waals surface area contributed by atoms with Gasteiger partial charge in [-0.1, -0.05) is 13.8 Å². The fourth-order valence-corrected chi connectivity index (χ4v) is 2.83. The summed E-state index contributed by atoms with van der Waals surface area (Å²) in [6.07, 6.45) is 7.65. The van der Waals surface area contributed by atoms with Gasteiger partial charge in [0.05, 0.1) is 18.1 Å². The molecule has 1 aliphatic rings. The van der Waals surface area contributed by atoms with Gasteiger partial charge in [-0.2, -0.15) is 0 Å². The number of hydrogen-bond acceptors (Lipinski definition) is 3. The van der Waals surface area contributed by atoms with Crippen LogP contribution in [0.3, 0.4) is 0 Å². The molecular formula is C14H26N4. The van der Waals surface area contributed by atoms with E-state index in [-0.39, 0.29) is 0 Å². The lowest BCUT2D eigenvalue weighted by Gasteiger charge is -2.36. The minimum Gasteiger partial charge on any atom is -0.333 e. The summed E-state index contributed by atoms with van der Waals surface area (Å²) < 4.78 is 2.26. The molecule has 0 spiro atoms. The van der Waals surface area contributed by atoms with E-state index in [9.17, 15) is 0 Å². The zero-order chi connectivity index (χ0) is 13.0. The molecular weight excluding hydrogens is 224 g/mol. The second-order valence-corrected chi connectivity index (χ2v) is 5.48. The van der Waals surface area contributed by atoms with Gasteiger partial charge >= 0.3 is 0 Å². The number of imidazole rings is 1. The summed E-state index contributed by atoms with van der Waals surface area (Å²) in [5.74, 6) is 0.861. The third-order valence-electron chi connectivity index (χ3n) is 4.03. The van der Waals surface area contributed by atoms with E-state index in [0.29, 0.717) is 12.6 Å². The molecule has 4 nitrogen and oxygen atoms in total. The molecule has 4 heteroatoms. The molecule has 0 radical (unpaired) electrons. The molecule has 1 atom stereocenters. The lowest BCUT2D eigenvalue weighted by Crippen LogP contribution is -2.40. The van der Waals surface area contributed by atoms with E-state index < -0.39 is 0 Å². The molecule has 1 aromatic heterocycles. The third kappa shape index (κ3) is 2.93. The molecule has 1 saturated heterocycles.